The quantitative estimate of drug-likeness (QED) is 0.697. The Morgan fingerprint density at radius 3 is 2.35 bits per heavy atom. The lowest BCUT2D eigenvalue weighted by atomic mass is 9.88. The van der Waals surface area contributed by atoms with Crippen LogP contribution in [-0.4, -0.2) is 59.7 Å². The maximum Gasteiger partial charge on any atom is 0.255 e. The molecule has 10 heteroatoms. The maximum atomic E-state index is 14.9. The Balaban J connectivity index is 1.32. The third-order valence-electron chi connectivity index (χ3n) is 6.84. The molecule has 1 aromatic carbocycles. The number of carbonyl (C=O) groups is 3. The van der Waals surface area contributed by atoms with Gasteiger partial charge in [-0.05, 0) is 55.2 Å². The predicted octanol–water partition coefficient (Wildman–Crippen LogP) is 1.26. The summed E-state index contributed by atoms with van der Waals surface area (Å²) in [5.74, 6) is -1.84. The lowest BCUT2D eigenvalue weighted by Gasteiger charge is -2.31. The molecule has 166 valence electrons. The Hall–Kier alpha value is -2.33. The standard InChI is InChI=1S/C21H24FN3O5S/c22-17-10-16-13(11-25(21(16)28)18-3-4-19(26)23-20(18)27)9-15(17)12-5-7-24(8-6-12)31(29,30)14-1-2-14/h9-10,12,14,18H,1-8,11H2,(H,23,26,27). The van der Waals surface area contributed by atoms with Crippen LogP contribution in [0.25, 0.3) is 0 Å². The van der Waals surface area contributed by atoms with Crippen LogP contribution in [0.15, 0.2) is 12.1 Å². The van der Waals surface area contributed by atoms with Crippen LogP contribution in [0, 0.1) is 5.82 Å². The molecule has 5 rings (SSSR count). The second-order valence-corrected chi connectivity index (χ2v) is 11.1. The second-order valence-electron chi connectivity index (χ2n) is 8.85. The average Bonchev–Trinajstić information content (AvgIpc) is 3.55. The number of rotatable bonds is 4. The van der Waals surface area contributed by atoms with Gasteiger partial charge in [0, 0.05) is 31.6 Å². The molecule has 3 amide bonds. The molecule has 1 unspecified atom stereocenters. The highest BCUT2D eigenvalue weighted by Gasteiger charge is 2.42. The van der Waals surface area contributed by atoms with E-state index in [9.17, 15) is 27.2 Å². The van der Waals surface area contributed by atoms with E-state index in [0.29, 0.717) is 37.1 Å². The van der Waals surface area contributed by atoms with E-state index < -0.39 is 33.7 Å². The van der Waals surface area contributed by atoms with Gasteiger partial charge in [-0.3, -0.25) is 19.7 Å². The van der Waals surface area contributed by atoms with Crippen LogP contribution >= 0.6 is 0 Å². The number of imide groups is 1. The molecule has 0 spiro atoms. The number of piperidine rings is 2. The summed E-state index contributed by atoms with van der Waals surface area (Å²) in [6, 6.07) is 2.20. The van der Waals surface area contributed by atoms with Crippen LogP contribution in [0.2, 0.25) is 0 Å². The monoisotopic (exact) mass is 449 g/mol. The Morgan fingerprint density at radius 2 is 1.71 bits per heavy atom. The van der Waals surface area contributed by atoms with E-state index in [1.807, 2.05) is 0 Å². The zero-order chi connectivity index (χ0) is 21.9. The molecule has 31 heavy (non-hydrogen) atoms. The van der Waals surface area contributed by atoms with Gasteiger partial charge >= 0.3 is 0 Å². The fraction of sp³-hybridized carbons (Fsp3) is 0.571. The van der Waals surface area contributed by atoms with E-state index in [1.165, 1.54) is 15.3 Å². The van der Waals surface area contributed by atoms with Crippen molar-refractivity contribution in [3.8, 4) is 0 Å². The molecule has 2 saturated heterocycles. The fourth-order valence-electron chi connectivity index (χ4n) is 4.92. The van der Waals surface area contributed by atoms with Gasteiger partial charge in [0.2, 0.25) is 21.8 Å². The number of benzene rings is 1. The molecule has 1 aliphatic carbocycles. The number of hydrogen-bond donors (Lipinski definition) is 1. The van der Waals surface area contributed by atoms with Crippen LogP contribution in [0.1, 0.15) is 65.9 Å². The first-order valence-electron chi connectivity index (χ1n) is 10.7. The number of hydrogen-bond acceptors (Lipinski definition) is 5. The van der Waals surface area contributed by atoms with Crippen molar-refractivity contribution in [2.24, 2.45) is 0 Å². The normalized spacial score (nSPS) is 25.6. The van der Waals surface area contributed by atoms with Crippen LogP contribution in [-0.2, 0) is 26.2 Å². The van der Waals surface area contributed by atoms with E-state index in [4.69, 9.17) is 0 Å². The van der Waals surface area contributed by atoms with Gasteiger partial charge in [-0.25, -0.2) is 17.1 Å². The number of nitrogens with zero attached hydrogens (tertiary/aromatic N) is 2. The van der Waals surface area contributed by atoms with E-state index in [1.54, 1.807) is 6.07 Å². The number of nitrogens with one attached hydrogen (secondary N) is 1. The molecule has 0 radical (unpaired) electrons. The zero-order valence-corrected chi connectivity index (χ0v) is 17.8. The van der Waals surface area contributed by atoms with Crippen molar-refractivity contribution in [3.63, 3.8) is 0 Å². The van der Waals surface area contributed by atoms with Crippen LogP contribution in [0.5, 0.6) is 0 Å². The van der Waals surface area contributed by atoms with Gasteiger partial charge in [-0.2, -0.15) is 0 Å². The summed E-state index contributed by atoms with van der Waals surface area (Å²) in [5, 5.41) is 2.01. The van der Waals surface area contributed by atoms with Gasteiger partial charge in [0.05, 0.1) is 5.25 Å². The Labute approximate surface area is 179 Å². The zero-order valence-electron chi connectivity index (χ0n) is 17.0. The average molecular weight is 450 g/mol. The van der Waals surface area contributed by atoms with Gasteiger partial charge < -0.3 is 4.90 Å². The third kappa shape index (κ3) is 3.55. The molecule has 1 N–H and O–H groups in total. The number of amides is 3. The molecular formula is C21H24FN3O5S. The Kier molecular flexibility index (Phi) is 4.89. The van der Waals surface area contributed by atoms with Crippen molar-refractivity contribution < 1.29 is 27.2 Å². The summed E-state index contributed by atoms with van der Waals surface area (Å²) < 4.78 is 41.3. The summed E-state index contributed by atoms with van der Waals surface area (Å²) in [6.45, 7) is 0.950. The lowest BCUT2D eigenvalue weighted by molar-refractivity contribution is -0.136. The van der Waals surface area contributed by atoms with Gasteiger partial charge in [0.25, 0.3) is 5.91 Å². The SMILES string of the molecule is O=C1CCC(N2Cc3cc(C4CCN(S(=O)(=O)C5CC5)CC4)c(F)cc3C2=O)C(=O)N1. The molecule has 1 saturated carbocycles. The molecule has 3 aliphatic heterocycles. The van der Waals surface area contributed by atoms with Crippen LogP contribution in [0.3, 0.4) is 0 Å². The minimum absolute atomic E-state index is 0.115. The van der Waals surface area contributed by atoms with Crippen molar-refractivity contribution in [2.45, 2.75) is 62.3 Å². The highest BCUT2D eigenvalue weighted by atomic mass is 32.2. The molecule has 4 aliphatic rings. The highest BCUT2D eigenvalue weighted by molar-refractivity contribution is 7.90. The number of carbonyl (C=O) groups excluding carboxylic acids is 3. The van der Waals surface area contributed by atoms with E-state index in [-0.39, 0.29) is 42.0 Å². The molecule has 8 nitrogen and oxygen atoms in total. The van der Waals surface area contributed by atoms with Crippen molar-refractivity contribution in [3.05, 3.63) is 34.6 Å². The first kappa shape index (κ1) is 20.6. The summed E-state index contributed by atoms with van der Waals surface area (Å²) in [5.41, 5.74) is 1.42. The van der Waals surface area contributed by atoms with Gasteiger partial charge in [-0.1, -0.05) is 6.07 Å². The van der Waals surface area contributed by atoms with Crippen molar-refractivity contribution in [1.82, 2.24) is 14.5 Å². The minimum Gasteiger partial charge on any atom is -0.322 e. The number of sulfonamides is 1. The summed E-state index contributed by atoms with van der Waals surface area (Å²) in [7, 11) is -3.22. The first-order valence-corrected chi connectivity index (χ1v) is 12.2. The molecule has 3 fully saturated rings. The van der Waals surface area contributed by atoms with Crippen LogP contribution in [0.4, 0.5) is 4.39 Å². The van der Waals surface area contributed by atoms with E-state index in [2.05, 4.69) is 5.32 Å². The maximum absolute atomic E-state index is 14.9. The summed E-state index contributed by atoms with van der Waals surface area (Å²) >= 11 is 0. The van der Waals surface area contributed by atoms with Crippen LogP contribution < -0.4 is 5.32 Å². The second kappa shape index (κ2) is 7.37. The van der Waals surface area contributed by atoms with E-state index in [0.717, 1.165) is 12.8 Å². The number of fused-ring (bicyclic) bond motifs is 1. The smallest absolute Gasteiger partial charge is 0.255 e. The molecule has 1 aromatic rings. The predicted molar refractivity (Wildman–Crippen MR) is 108 cm³/mol. The van der Waals surface area contributed by atoms with Gasteiger partial charge in [-0.15, -0.1) is 0 Å². The van der Waals surface area contributed by atoms with Gasteiger partial charge in [0.1, 0.15) is 11.9 Å². The summed E-state index contributed by atoms with van der Waals surface area (Å²) in [4.78, 5) is 37.8. The Bertz CT molecular complexity index is 1080. The minimum atomic E-state index is -3.22. The molecular weight excluding hydrogens is 425 g/mol. The summed E-state index contributed by atoms with van der Waals surface area (Å²) in [6.07, 6.45) is 2.93. The van der Waals surface area contributed by atoms with E-state index >= 15 is 0 Å². The fourth-order valence-corrected chi connectivity index (χ4v) is 6.79. The number of halogens is 1. The first-order chi connectivity index (χ1) is 14.8. The van der Waals surface area contributed by atoms with Crippen molar-refractivity contribution in [1.29, 1.82) is 0 Å². The molecule has 1 atom stereocenters. The molecule has 0 aromatic heterocycles. The van der Waals surface area contributed by atoms with Gasteiger partial charge in [0.15, 0.2) is 0 Å². The third-order valence-corrected chi connectivity index (χ3v) is 9.24. The van der Waals surface area contributed by atoms with Crippen molar-refractivity contribution in [2.75, 3.05) is 13.1 Å². The highest BCUT2D eigenvalue weighted by Crippen LogP contribution is 2.38. The largest absolute Gasteiger partial charge is 0.322 e. The molecule has 3 heterocycles. The Morgan fingerprint density at radius 1 is 1.00 bits per heavy atom. The molecule has 0 bridgehead atoms. The lowest BCUT2D eigenvalue weighted by Crippen LogP contribution is -2.52. The van der Waals surface area contributed by atoms with Crippen molar-refractivity contribution >= 4 is 27.7 Å². The topological polar surface area (TPSA) is 104 Å².